The average Bonchev–Trinajstić information content (AvgIpc) is 2.71. The molecule has 1 aliphatic rings. The maximum atomic E-state index is 9.98. The van der Waals surface area contributed by atoms with Crippen molar-refractivity contribution in [3.63, 3.8) is 0 Å². The van der Waals surface area contributed by atoms with Crippen LogP contribution < -0.4 is 0 Å². The zero-order chi connectivity index (χ0) is 18.3. The van der Waals surface area contributed by atoms with Gasteiger partial charge in [0.1, 0.15) is 6.29 Å². The maximum absolute atomic E-state index is 9.98. The molecule has 0 radical (unpaired) electrons. The Hall–Kier alpha value is 0.314. The minimum absolute atomic E-state index is 0.158. The summed E-state index contributed by atoms with van der Waals surface area (Å²) in [6.07, 6.45) is 2.36. The predicted molar refractivity (Wildman–Crippen MR) is 104 cm³/mol. The smallest absolute Gasteiger partial charge is 0.195 e. The third-order valence-corrected chi connectivity index (χ3v) is 15.1. The average molecular weight is 361 g/mol. The molecule has 0 bridgehead atoms. The van der Waals surface area contributed by atoms with Crippen LogP contribution in [0, 0.1) is 5.92 Å². The summed E-state index contributed by atoms with van der Waals surface area (Å²) in [6.45, 7) is 22.8. The van der Waals surface area contributed by atoms with E-state index in [2.05, 4.69) is 67.7 Å². The van der Waals surface area contributed by atoms with E-state index < -0.39 is 16.6 Å². The van der Waals surface area contributed by atoms with Gasteiger partial charge in [-0.05, 0) is 55.5 Å². The van der Waals surface area contributed by atoms with Crippen LogP contribution in [0.4, 0.5) is 0 Å². The van der Waals surface area contributed by atoms with Crippen LogP contribution in [0.3, 0.4) is 0 Å². The van der Waals surface area contributed by atoms with E-state index in [1.165, 1.54) is 0 Å². The third-order valence-electron chi connectivity index (χ3n) is 6.26. The Labute approximate surface area is 146 Å². The molecule has 1 N–H and O–H groups in total. The Bertz CT molecular complexity index is 366. The SMILES string of the molecule is CC(C)(C)[Si](C)(C)OC(O[Si](C)(C)C(C)(C)C)[C@@H]1CC[C@H](O)C1. The van der Waals surface area contributed by atoms with E-state index in [0.29, 0.717) is 5.92 Å². The van der Waals surface area contributed by atoms with E-state index in [1.54, 1.807) is 0 Å². The minimum Gasteiger partial charge on any atom is -0.393 e. The van der Waals surface area contributed by atoms with Crippen LogP contribution in [0.1, 0.15) is 60.8 Å². The first-order chi connectivity index (χ1) is 10.1. The van der Waals surface area contributed by atoms with Gasteiger partial charge in [0.25, 0.3) is 0 Å². The lowest BCUT2D eigenvalue weighted by molar-refractivity contribution is -0.0616. The lowest BCUT2D eigenvalue weighted by atomic mass is 10.1. The molecule has 0 aromatic rings. The summed E-state index contributed by atoms with van der Waals surface area (Å²) in [5, 5.41) is 10.3. The summed E-state index contributed by atoms with van der Waals surface area (Å²) in [4.78, 5) is 0. The van der Waals surface area contributed by atoms with E-state index in [1.807, 2.05) is 0 Å². The molecule has 1 saturated carbocycles. The number of aliphatic hydroxyl groups excluding tert-OH is 1. The van der Waals surface area contributed by atoms with Crippen LogP contribution in [0.5, 0.6) is 0 Å². The summed E-state index contributed by atoms with van der Waals surface area (Å²) in [5.74, 6) is 0.327. The van der Waals surface area contributed by atoms with Gasteiger partial charge >= 0.3 is 0 Å². The standard InChI is InChI=1S/C18H40O3Si2/c1-17(2,3)22(7,8)20-16(14-11-12-15(19)13-14)21-23(9,10)18(4,5)6/h14-16,19H,11-13H2,1-10H3/t14-,15+/m1/s1. The van der Waals surface area contributed by atoms with Crippen LogP contribution in [-0.2, 0) is 8.85 Å². The second-order valence-electron chi connectivity index (χ2n) is 10.4. The van der Waals surface area contributed by atoms with Crippen LogP contribution in [0.2, 0.25) is 36.3 Å². The molecule has 5 heteroatoms. The van der Waals surface area contributed by atoms with E-state index in [9.17, 15) is 5.11 Å². The molecule has 0 amide bonds. The van der Waals surface area contributed by atoms with Gasteiger partial charge < -0.3 is 14.0 Å². The topological polar surface area (TPSA) is 38.7 Å². The molecular weight excluding hydrogens is 320 g/mol. The van der Waals surface area contributed by atoms with Gasteiger partial charge in [0, 0.05) is 5.92 Å². The zero-order valence-electron chi connectivity index (χ0n) is 17.1. The van der Waals surface area contributed by atoms with Crippen LogP contribution in [-0.4, -0.2) is 34.1 Å². The summed E-state index contributed by atoms with van der Waals surface area (Å²) in [5.41, 5.74) is 0. The highest BCUT2D eigenvalue weighted by Crippen LogP contribution is 2.44. The molecule has 23 heavy (non-hydrogen) atoms. The molecule has 0 aromatic carbocycles. The fraction of sp³-hybridized carbons (Fsp3) is 1.00. The van der Waals surface area contributed by atoms with Crippen molar-refractivity contribution in [2.45, 2.75) is 109 Å². The van der Waals surface area contributed by atoms with E-state index in [-0.39, 0.29) is 22.5 Å². The number of rotatable bonds is 5. The van der Waals surface area contributed by atoms with Gasteiger partial charge in [0.2, 0.25) is 0 Å². The summed E-state index contributed by atoms with van der Waals surface area (Å²) < 4.78 is 13.4. The first-order valence-electron chi connectivity index (χ1n) is 9.10. The van der Waals surface area contributed by atoms with E-state index >= 15 is 0 Å². The predicted octanol–water partition coefficient (Wildman–Crippen LogP) is 5.52. The van der Waals surface area contributed by atoms with Crippen molar-refractivity contribution in [3.8, 4) is 0 Å². The van der Waals surface area contributed by atoms with Crippen LogP contribution in [0.25, 0.3) is 0 Å². The van der Waals surface area contributed by atoms with Crippen molar-refractivity contribution in [1.29, 1.82) is 0 Å². The van der Waals surface area contributed by atoms with E-state index in [0.717, 1.165) is 19.3 Å². The van der Waals surface area contributed by atoms with Gasteiger partial charge in [-0.2, -0.15) is 0 Å². The molecule has 0 aliphatic heterocycles. The molecule has 1 aliphatic carbocycles. The fourth-order valence-electron chi connectivity index (χ4n) is 2.39. The maximum Gasteiger partial charge on any atom is 0.195 e. The van der Waals surface area contributed by atoms with Crippen molar-refractivity contribution in [3.05, 3.63) is 0 Å². The Morgan fingerprint density at radius 3 is 1.48 bits per heavy atom. The molecular formula is C18H40O3Si2. The first-order valence-corrected chi connectivity index (χ1v) is 14.9. The normalized spacial score (nSPS) is 24.5. The van der Waals surface area contributed by atoms with Crippen molar-refractivity contribution < 1.29 is 14.0 Å². The molecule has 0 unspecified atom stereocenters. The third kappa shape index (κ3) is 5.39. The van der Waals surface area contributed by atoms with Crippen molar-refractivity contribution in [1.82, 2.24) is 0 Å². The molecule has 138 valence electrons. The quantitative estimate of drug-likeness (QED) is 0.518. The highest BCUT2D eigenvalue weighted by Gasteiger charge is 2.46. The summed E-state index contributed by atoms with van der Waals surface area (Å²) in [7, 11) is -3.80. The lowest BCUT2D eigenvalue weighted by Crippen LogP contribution is -2.52. The lowest BCUT2D eigenvalue weighted by Gasteiger charge is -2.45. The van der Waals surface area contributed by atoms with Crippen LogP contribution in [0.15, 0.2) is 0 Å². The Morgan fingerprint density at radius 1 is 0.826 bits per heavy atom. The Kier molecular flexibility index (Phi) is 6.41. The molecule has 3 nitrogen and oxygen atoms in total. The monoisotopic (exact) mass is 360 g/mol. The van der Waals surface area contributed by atoms with Crippen molar-refractivity contribution in [2.75, 3.05) is 0 Å². The molecule has 2 atom stereocenters. The molecule has 1 fully saturated rings. The molecule has 0 aromatic heterocycles. The van der Waals surface area contributed by atoms with Crippen molar-refractivity contribution in [2.24, 2.45) is 5.92 Å². The fourth-order valence-corrected chi connectivity index (χ4v) is 4.84. The molecule has 1 rings (SSSR count). The molecule has 0 saturated heterocycles. The number of hydrogen-bond donors (Lipinski definition) is 1. The van der Waals surface area contributed by atoms with Crippen molar-refractivity contribution >= 4 is 16.6 Å². The van der Waals surface area contributed by atoms with Crippen LogP contribution >= 0.6 is 0 Å². The second kappa shape index (κ2) is 6.91. The van der Waals surface area contributed by atoms with Gasteiger partial charge in [-0.1, -0.05) is 41.5 Å². The molecule has 0 spiro atoms. The Morgan fingerprint density at radius 2 is 1.22 bits per heavy atom. The largest absolute Gasteiger partial charge is 0.393 e. The summed E-state index contributed by atoms with van der Waals surface area (Å²) >= 11 is 0. The highest BCUT2D eigenvalue weighted by molar-refractivity contribution is 6.75. The van der Waals surface area contributed by atoms with Gasteiger partial charge in [-0.3, -0.25) is 0 Å². The Balaban J connectivity index is 2.99. The first kappa shape index (κ1) is 21.4. The number of hydrogen-bond acceptors (Lipinski definition) is 3. The van der Waals surface area contributed by atoms with Gasteiger partial charge in [0.05, 0.1) is 6.10 Å². The minimum atomic E-state index is -1.90. The highest BCUT2D eigenvalue weighted by atomic mass is 28.4. The van der Waals surface area contributed by atoms with E-state index in [4.69, 9.17) is 8.85 Å². The van der Waals surface area contributed by atoms with Gasteiger partial charge in [0.15, 0.2) is 16.6 Å². The van der Waals surface area contributed by atoms with Gasteiger partial charge in [-0.15, -0.1) is 0 Å². The van der Waals surface area contributed by atoms with Gasteiger partial charge in [-0.25, -0.2) is 0 Å². The number of aliphatic hydroxyl groups is 1. The summed E-state index contributed by atoms with van der Waals surface area (Å²) in [6, 6.07) is 0. The second-order valence-corrected chi connectivity index (χ2v) is 19.9. The zero-order valence-corrected chi connectivity index (χ0v) is 19.1. The molecule has 0 heterocycles.